The van der Waals surface area contributed by atoms with E-state index in [2.05, 4.69) is 118 Å². The lowest BCUT2D eigenvalue weighted by molar-refractivity contribution is -0.166. The first-order valence-electron chi connectivity index (χ1n) is 27.6. The van der Waals surface area contributed by atoms with Gasteiger partial charge in [-0.2, -0.15) is 0 Å². The van der Waals surface area contributed by atoms with Gasteiger partial charge in [-0.05, 0) is 103 Å². The zero-order valence-corrected chi connectivity index (χ0v) is 44.5. The highest BCUT2D eigenvalue weighted by molar-refractivity contribution is 5.71. The molecule has 0 saturated heterocycles. The van der Waals surface area contributed by atoms with Crippen molar-refractivity contribution in [3.05, 3.63) is 158 Å². The number of hydrogen-bond acceptors (Lipinski definition) is 6. The third-order valence-electron chi connectivity index (χ3n) is 10.9. The van der Waals surface area contributed by atoms with Crippen molar-refractivity contribution >= 4 is 17.9 Å². The van der Waals surface area contributed by atoms with Gasteiger partial charge < -0.3 is 14.2 Å². The number of rotatable bonds is 47. The Bertz CT molecular complexity index is 1620. The molecule has 0 aromatic rings. The summed E-state index contributed by atoms with van der Waals surface area (Å²) in [5, 5.41) is 0. The highest BCUT2D eigenvalue weighted by Crippen LogP contribution is 2.12. The lowest BCUT2D eigenvalue weighted by Crippen LogP contribution is -2.30. The lowest BCUT2D eigenvalue weighted by Gasteiger charge is -2.18. The molecule has 1 unspecified atom stereocenters. The number of hydrogen-bond donors (Lipinski definition) is 0. The van der Waals surface area contributed by atoms with E-state index in [1.54, 1.807) is 0 Å². The summed E-state index contributed by atoms with van der Waals surface area (Å²) in [6.07, 6.45) is 82.4. The summed E-state index contributed by atoms with van der Waals surface area (Å²) in [6, 6.07) is 0. The van der Waals surface area contributed by atoms with Gasteiger partial charge >= 0.3 is 17.9 Å². The van der Waals surface area contributed by atoms with Gasteiger partial charge in [-0.15, -0.1) is 0 Å². The predicted molar refractivity (Wildman–Crippen MR) is 302 cm³/mol. The van der Waals surface area contributed by atoms with E-state index in [0.717, 1.165) is 109 Å². The topological polar surface area (TPSA) is 78.9 Å². The minimum absolute atomic E-state index is 0.137. The van der Waals surface area contributed by atoms with Crippen molar-refractivity contribution < 1.29 is 28.6 Å². The number of esters is 3. The minimum atomic E-state index is -0.843. The third-order valence-corrected chi connectivity index (χ3v) is 10.9. The average Bonchev–Trinajstić information content (AvgIpc) is 3.36. The second-order valence-electron chi connectivity index (χ2n) is 17.5. The number of carbonyl (C=O) groups is 3. The van der Waals surface area contributed by atoms with Crippen LogP contribution in [-0.2, 0) is 28.6 Å². The van der Waals surface area contributed by atoms with Crippen LogP contribution >= 0.6 is 0 Å². The van der Waals surface area contributed by atoms with E-state index in [1.165, 1.54) is 44.9 Å². The Morgan fingerprint density at radius 1 is 0.314 bits per heavy atom. The quantitative estimate of drug-likeness (QED) is 0.0199. The van der Waals surface area contributed by atoms with Gasteiger partial charge in [-0.1, -0.05) is 243 Å². The zero-order chi connectivity index (χ0) is 50.7. The molecule has 0 saturated carbocycles. The third kappa shape index (κ3) is 54.0. The van der Waals surface area contributed by atoms with Crippen LogP contribution in [0.15, 0.2) is 158 Å². The average molecular weight is 963 g/mol. The van der Waals surface area contributed by atoms with Gasteiger partial charge in [0.25, 0.3) is 0 Å². The Labute approximate surface area is 429 Å². The Hall–Kier alpha value is -4.97. The van der Waals surface area contributed by atoms with Crippen molar-refractivity contribution in [1.82, 2.24) is 0 Å². The molecule has 1 atom stereocenters. The first-order valence-corrected chi connectivity index (χ1v) is 27.6. The second-order valence-corrected chi connectivity index (χ2v) is 17.5. The van der Waals surface area contributed by atoms with Crippen LogP contribution in [0, 0.1) is 0 Å². The smallest absolute Gasteiger partial charge is 0.306 e. The Morgan fingerprint density at radius 3 is 1.13 bits per heavy atom. The molecular formula is C64H98O6. The van der Waals surface area contributed by atoms with Crippen LogP contribution in [-0.4, -0.2) is 37.2 Å². The molecule has 0 aromatic carbocycles. The van der Waals surface area contributed by atoms with E-state index in [0.29, 0.717) is 12.8 Å². The van der Waals surface area contributed by atoms with Crippen molar-refractivity contribution in [2.75, 3.05) is 13.2 Å². The summed E-state index contributed by atoms with van der Waals surface area (Å²) in [6.45, 7) is 6.24. The molecule has 0 aliphatic heterocycles. The fourth-order valence-corrected chi connectivity index (χ4v) is 6.83. The Balaban J connectivity index is 4.63. The second kappa shape index (κ2) is 56.6. The normalized spacial score (nSPS) is 13.4. The van der Waals surface area contributed by atoms with Crippen molar-refractivity contribution in [3.8, 4) is 0 Å². The van der Waals surface area contributed by atoms with Crippen LogP contribution in [0.4, 0.5) is 0 Å². The fourth-order valence-electron chi connectivity index (χ4n) is 6.83. The number of ether oxygens (including phenoxy) is 3. The van der Waals surface area contributed by atoms with Crippen LogP contribution in [0.3, 0.4) is 0 Å². The van der Waals surface area contributed by atoms with Crippen LogP contribution in [0.5, 0.6) is 0 Å². The lowest BCUT2D eigenvalue weighted by atomic mass is 10.1. The van der Waals surface area contributed by atoms with E-state index in [9.17, 15) is 14.4 Å². The molecule has 70 heavy (non-hydrogen) atoms. The van der Waals surface area contributed by atoms with Crippen LogP contribution in [0.2, 0.25) is 0 Å². The van der Waals surface area contributed by atoms with Crippen LogP contribution < -0.4 is 0 Å². The maximum Gasteiger partial charge on any atom is 0.306 e. The SMILES string of the molecule is CC\C=C/C=C\C=C/C=C\C=C/CCCCCC(=O)OCC(COC(=O)CC/C=C\C/C=C\C/C=C\C/C=C\C/C=C\C/C=C\CC)OC(=O)CCCCCCC/C=C\C=C/CCCCCCCCC. The molecule has 0 N–H and O–H groups in total. The Morgan fingerprint density at radius 2 is 0.657 bits per heavy atom. The first-order chi connectivity index (χ1) is 34.5. The molecule has 6 nitrogen and oxygen atoms in total. The molecule has 0 rings (SSSR count). The Kier molecular flexibility index (Phi) is 52.6. The van der Waals surface area contributed by atoms with Gasteiger partial charge in [0.05, 0.1) is 0 Å². The molecule has 0 bridgehead atoms. The molecule has 0 aromatic heterocycles. The maximum atomic E-state index is 12.8. The standard InChI is InChI=1S/C64H98O6/c1-4-7-10-13-16-19-22-25-28-30-32-34-36-39-42-45-48-51-54-57-63(66)69-60-61(59-68-62(65)56-53-50-47-44-41-38-35-27-24-21-18-15-12-9-6-3)70-64(67)58-55-52-49-46-43-40-37-33-31-29-26-23-20-17-14-11-8-5-2/h7,9-10,12,15-16,18-19,21,24-25,27-29,31-35,37-39,41-42,48,51,61H,4-6,8,11,13-14,17,20,22-23,26,30,36,40,43-47,49-50,52-60H2,1-3H3/b10-7-,12-9-,18-15-,19-16-,24-21-,28-25-,31-29-,34-32-,35-27-,37-33-,41-38-,42-39-,51-48-. The van der Waals surface area contributed by atoms with Crippen molar-refractivity contribution in [2.24, 2.45) is 0 Å². The van der Waals surface area contributed by atoms with Gasteiger partial charge in [0, 0.05) is 19.3 Å². The van der Waals surface area contributed by atoms with Gasteiger partial charge in [0.15, 0.2) is 6.10 Å². The monoisotopic (exact) mass is 963 g/mol. The van der Waals surface area contributed by atoms with Crippen molar-refractivity contribution in [3.63, 3.8) is 0 Å². The largest absolute Gasteiger partial charge is 0.462 e. The van der Waals surface area contributed by atoms with E-state index in [4.69, 9.17) is 14.2 Å². The molecule has 0 radical (unpaired) electrons. The molecule has 0 aliphatic rings. The number of unbranched alkanes of at least 4 members (excludes halogenated alkanes) is 15. The highest BCUT2D eigenvalue weighted by atomic mass is 16.6. The highest BCUT2D eigenvalue weighted by Gasteiger charge is 2.19. The summed E-state index contributed by atoms with van der Waals surface area (Å²) in [7, 11) is 0. The van der Waals surface area contributed by atoms with E-state index in [-0.39, 0.29) is 50.4 Å². The van der Waals surface area contributed by atoms with Crippen molar-refractivity contribution in [1.29, 1.82) is 0 Å². The summed E-state index contributed by atoms with van der Waals surface area (Å²) in [4.78, 5) is 38.1. The van der Waals surface area contributed by atoms with Crippen LogP contribution in [0.1, 0.15) is 207 Å². The van der Waals surface area contributed by atoms with E-state index >= 15 is 0 Å². The molecule has 0 fully saturated rings. The van der Waals surface area contributed by atoms with Gasteiger partial charge in [0.1, 0.15) is 13.2 Å². The van der Waals surface area contributed by atoms with E-state index in [1.807, 2.05) is 60.8 Å². The molecule has 0 amide bonds. The molecular weight excluding hydrogens is 865 g/mol. The molecule has 0 heterocycles. The number of carbonyl (C=O) groups excluding carboxylic acids is 3. The number of allylic oxidation sites excluding steroid dienone is 26. The molecule has 6 heteroatoms. The van der Waals surface area contributed by atoms with E-state index < -0.39 is 6.10 Å². The zero-order valence-electron chi connectivity index (χ0n) is 44.5. The summed E-state index contributed by atoms with van der Waals surface area (Å²) in [5.41, 5.74) is 0. The van der Waals surface area contributed by atoms with Crippen LogP contribution in [0.25, 0.3) is 0 Å². The summed E-state index contributed by atoms with van der Waals surface area (Å²) in [5.74, 6) is -1.09. The van der Waals surface area contributed by atoms with Gasteiger partial charge in [-0.25, -0.2) is 0 Å². The molecule has 0 spiro atoms. The first kappa shape index (κ1) is 65.0. The summed E-state index contributed by atoms with van der Waals surface area (Å²) < 4.78 is 16.7. The molecule has 0 aliphatic carbocycles. The maximum absolute atomic E-state index is 12.8. The minimum Gasteiger partial charge on any atom is -0.462 e. The van der Waals surface area contributed by atoms with Gasteiger partial charge in [0.2, 0.25) is 0 Å². The predicted octanol–water partition coefficient (Wildman–Crippen LogP) is 18.6. The summed E-state index contributed by atoms with van der Waals surface area (Å²) >= 11 is 0. The fraction of sp³-hybridized carbons (Fsp3) is 0.547. The molecule has 390 valence electrons. The van der Waals surface area contributed by atoms with Crippen molar-refractivity contribution in [2.45, 2.75) is 213 Å². The van der Waals surface area contributed by atoms with Gasteiger partial charge in [-0.3, -0.25) is 14.4 Å².